The van der Waals surface area contributed by atoms with Crippen LogP contribution in [-0.2, 0) is 4.74 Å². The molecule has 0 aliphatic carbocycles. The molecule has 6 nitrogen and oxygen atoms in total. The minimum Gasteiger partial charge on any atom is -0.490 e. The number of halogens is 2. The molecular weight excluding hydrogens is 527 g/mol. The smallest absolute Gasteiger partial charge is 0.174 e. The van der Waals surface area contributed by atoms with E-state index in [1.165, 1.54) is 0 Å². The zero-order valence-corrected chi connectivity index (χ0v) is 22.7. The quantitative estimate of drug-likeness (QED) is 0.194. The second kappa shape index (κ2) is 11.1. The van der Waals surface area contributed by atoms with E-state index in [2.05, 4.69) is 31.9 Å². The minimum atomic E-state index is -0.204. The van der Waals surface area contributed by atoms with Crippen molar-refractivity contribution in [1.82, 2.24) is 14.9 Å². The van der Waals surface area contributed by atoms with Crippen molar-refractivity contribution in [3.8, 4) is 11.4 Å². The van der Waals surface area contributed by atoms with Gasteiger partial charge in [0.25, 0.3) is 0 Å². The Balaban J connectivity index is 1.59. The number of hydrogen-bond donors (Lipinski definition) is 1. The van der Waals surface area contributed by atoms with E-state index >= 15 is 0 Å². The number of thiocarbonyl (C=S) groups is 1. The molecule has 1 N–H and O–H groups in total. The Morgan fingerprint density at radius 2 is 1.81 bits per heavy atom. The molecule has 0 radical (unpaired) electrons. The predicted molar refractivity (Wildman–Crippen MR) is 152 cm³/mol. The van der Waals surface area contributed by atoms with Crippen LogP contribution in [-0.4, -0.2) is 35.0 Å². The first-order valence-electron chi connectivity index (χ1n) is 11.8. The number of ether oxygens (including phenoxy) is 2. The van der Waals surface area contributed by atoms with Gasteiger partial charge in [-0.25, -0.2) is 0 Å². The van der Waals surface area contributed by atoms with Gasteiger partial charge in [-0.1, -0.05) is 29.3 Å². The lowest BCUT2D eigenvalue weighted by Gasteiger charge is -2.29. The number of nitrogens with zero attached hydrogens (tertiary/aromatic N) is 3. The molecule has 1 saturated heterocycles. The van der Waals surface area contributed by atoms with Crippen molar-refractivity contribution in [2.75, 3.05) is 25.2 Å². The molecule has 0 bridgehead atoms. The molecule has 0 spiro atoms. The van der Waals surface area contributed by atoms with Crippen LogP contribution in [0.3, 0.4) is 0 Å². The van der Waals surface area contributed by atoms with E-state index in [9.17, 15) is 0 Å². The first kappa shape index (κ1) is 25.5. The fourth-order valence-corrected chi connectivity index (χ4v) is 5.27. The maximum atomic E-state index is 6.63. The van der Waals surface area contributed by atoms with Gasteiger partial charge in [0.2, 0.25) is 0 Å². The highest BCUT2D eigenvalue weighted by atomic mass is 35.5. The van der Waals surface area contributed by atoms with E-state index in [1.54, 1.807) is 13.3 Å². The molecule has 4 aromatic rings. The first-order valence-corrected chi connectivity index (χ1v) is 13.0. The van der Waals surface area contributed by atoms with Gasteiger partial charge < -0.3 is 24.3 Å². The van der Waals surface area contributed by atoms with Crippen LogP contribution in [0.25, 0.3) is 5.69 Å². The number of pyridine rings is 1. The van der Waals surface area contributed by atoms with Crippen LogP contribution in [0.2, 0.25) is 10.0 Å². The third-order valence-electron chi connectivity index (χ3n) is 6.34. The minimum absolute atomic E-state index is 0.188. The largest absolute Gasteiger partial charge is 0.490 e. The average Bonchev–Trinajstić information content (AvgIpc) is 3.51. The molecule has 2 atom stereocenters. The molecule has 0 amide bonds. The Hall–Kier alpha value is -3.10. The molecule has 2 aromatic heterocycles. The van der Waals surface area contributed by atoms with Crippen LogP contribution in [0.5, 0.6) is 5.75 Å². The average molecular weight is 554 g/mol. The topological polar surface area (TPSA) is 51.6 Å². The molecule has 37 heavy (non-hydrogen) atoms. The first-order chi connectivity index (χ1) is 18.0. The zero-order valence-electron chi connectivity index (χ0n) is 20.4. The highest BCUT2D eigenvalue weighted by molar-refractivity contribution is 7.80. The summed E-state index contributed by atoms with van der Waals surface area (Å²) in [5, 5.41) is 5.32. The molecule has 5 rings (SSSR count). The predicted octanol–water partition coefficient (Wildman–Crippen LogP) is 6.69. The van der Waals surface area contributed by atoms with Crippen LogP contribution in [0.4, 0.5) is 5.69 Å². The number of aryl methyl sites for hydroxylation is 1. The van der Waals surface area contributed by atoms with Gasteiger partial charge in [0, 0.05) is 41.6 Å². The van der Waals surface area contributed by atoms with E-state index in [4.69, 9.17) is 44.9 Å². The highest BCUT2D eigenvalue weighted by Gasteiger charge is 2.42. The SMILES string of the molecule is COCCOc1ccc(N2C(=S)N[C@H](c3ccccn3)[C@H]2c2cccn2-c2ccc(Cl)c(C)c2)cc1Cl. The van der Waals surface area contributed by atoms with E-state index in [0.29, 0.717) is 29.1 Å². The van der Waals surface area contributed by atoms with Crippen molar-refractivity contribution >= 4 is 46.2 Å². The van der Waals surface area contributed by atoms with Crippen molar-refractivity contribution < 1.29 is 9.47 Å². The summed E-state index contributed by atoms with van der Waals surface area (Å²) in [5.41, 5.74) is 4.81. The van der Waals surface area contributed by atoms with Gasteiger partial charge in [-0.05, 0) is 85.4 Å². The lowest BCUT2D eigenvalue weighted by molar-refractivity contribution is 0.146. The lowest BCUT2D eigenvalue weighted by atomic mass is 10.0. The molecule has 9 heteroatoms. The van der Waals surface area contributed by atoms with E-state index in [1.807, 2.05) is 67.7 Å². The van der Waals surface area contributed by atoms with Crippen molar-refractivity contribution in [3.63, 3.8) is 0 Å². The van der Waals surface area contributed by atoms with Crippen LogP contribution >= 0.6 is 35.4 Å². The van der Waals surface area contributed by atoms with Gasteiger partial charge >= 0.3 is 0 Å². The Morgan fingerprint density at radius 3 is 2.54 bits per heavy atom. The molecule has 3 heterocycles. The zero-order chi connectivity index (χ0) is 25.9. The Kier molecular flexibility index (Phi) is 7.67. The van der Waals surface area contributed by atoms with Gasteiger partial charge in [0.15, 0.2) is 5.11 Å². The standard InChI is InChI=1S/C28H26Cl2N4O2S/c1-18-16-19(8-10-21(18)29)33-13-5-7-24(33)27-26(23-6-3-4-12-31-23)32-28(37)34(27)20-9-11-25(22(30)17-20)36-15-14-35-2/h3-13,16-17,26-27H,14-15H2,1-2H3,(H,32,37)/t26-,27-/m1/s1. The van der Waals surface area contributed by atoms with Gasteiger partial charge in [-0.3, -0.25) is 4.98 Å². The maximum Gasteiger partial charge on any atom is 0.174 e. The van der Waals surface area contributed by atoms with E-state index in [-0.39, 0.29) is 12.1 Å². The van der Waals surface area contributed by atoms with Crippen LogP contribution in [0.15, 0.2) is 79.1 Å². The number of nitrogens with one attached hydrogen (secondary N) is 1. The Labute approximate surface area is 231 Å². The third-order valence-corrected chi connectivity index (χ3v) is 7.37. The molecule has 0 saturated carbocycles. The highest BCUT2D eigenvalue weighted by Crippen LogP contribution is 2.43. The summed E-state index contributed by atoms with van der Waals surface area (Å²) in [6.07, 6.45) is 3.84. The van der Waals surface area contributed by atoms with Crippen LogP contribution in [0, 0.1) is 6.92 Å². The van der Waals surface area contributed by atoms with E-state index in [0.717, 1.165) is 33.3 Å². The van der Waals surface area contributed by atoms with Crippen molar-refractivity contribution in [2.24, 2.45) is 0 Å². The van der Waals surface area contributed by atoms with Gasteiger partial charge in [0.05, 0.1) is 23.4 Å². The summed E-state index contributed by atoms with van der Waals surface area (Å²) in [4.78, 5) is 6.74. The van der Waals surface area contributed by atoms with Gasteiger partial charge in [-0.15, -0.1) is 0 Å². The summed E-state index contributed by atoms with van der Waals surface area (Å²) in [6, 6.07) is 21.4. The van der Waals surface area contributed by atoms with Crippen molar-refractivity contribution in [2.45, 2.75) is 19.0 Å². The molecule has 0 unspecified atom stereocenters. The molecule has 1 fully saturated rings. The second-order valence-electron chi connectivity index (χ2n) is 8.69. The Morgan fingerprint density at radius 1 is 0.973 bits per heavy atom. The van der Waals surface area contributed by atoms with Crippen molar-refractivity contribution in [3.05, 3.63) is 106 Å². The fourth-order valence-electron chi connectivity index (χ4n) is 4.57. The monoisotopic (exact) mass is 552 g/mol. The number of rotatable bonds is 8. The van der Waals surface area contributed by atoms with Crippen LogP contribution < -0.4 is 15.0 Å². The normalized spacial score (nSPS) is 17.2. The second-order valence-corrected chi connectivity index (χ2v) is 9.89. The van der Waals surface area contributed by atoms with Crippen LogP contribution in [0.1, 0.15) is 29.0 Å². The summed E-state index contributed by atoms with van der Waals surface area (Å²) in [7, 11) is 1.63. The third kappa shape index (κ3) is 5.18. The lowest BCUT2D eigenvalue weighted by Crippen LogP contribution is -2.30. The van der Waals surface area contributed by atoms with E-state index < -0.39 is 0 Å². The van der Waals surface area contributed by atoms with Gasteiger partial charge in [-0.2, -0.15) is 0 Å². The molecular formula is C28H26Cl2N4O2S. The number of benzene rings is 2. The molecule has 1 aliphatic rings. The number of methoxy groups -OCH3 is 1. The number of hydrogen-bond acceptors (Lipinski definition) is 4. The summed E-state index contributed by atoms with van der Waals surface area (Å²) in [6.45, 7) is 2.90. The molecule has 190 valence electrons. The molecule has 2 aromatic carbocycles. The Bertz CT molecular complexity index is 1410. The summed E-state index contributed by atoms with van der Waals surface area (Å²) < 4.78 is 13.0. The number of anilines is 1. The summed E-state index contributed by atoms with van der Waals surface area (Å²) >= 11 is 18.8. The molecule has 1 aliphatic heterocycles. The maximum absolute atomic E-state index is 6.63. The van der Waals surface area contributed by atoms with Crippen molar-refractivity contribution in [1.29, 1.82) is 0 Å². The number of aromatic nitrogens is 2. The fraction of sp³-hybridized carbons (Fsp3) is 0.214. The van der Waals surface area contributed by atoms with Gasteiger partial charge in [0.1, 0.15) is 18.4 Å². The summed E-state index contributed by atoms with van der Waals surface area (Å²) in [5.74, 6) is 0.596.